The van der Waals surface area contributed by atoms with Crippen LogP contribution in [0.2, 0.25) is 0 Å². The van der Waals surface area contributed by atoms with E-state index in [4.69, 9.17) is 18.9 Å². The second-order valence-corrected chi connectivity index (χ2v) is 7.59. The van der Waals surface area contributed by atoms with Gasteiger partial charge in [-0.3, -0.25) is 4.79 Å². The predicted octanol–water partition coefficient (Wildman–Crippen LogP) is 4.85. The number of carbonyl (C=O) groups is 2. The van der Waals surface area contributed by atoms with Gasteiger partial charge in [0.25, 0.3) is 5.91 Å². The molecule has 0 aliphatic rings. The average Bonchev–Trinajstić information content (AvgIpc) is 2.93. The highest BCUT2D eigenvalue weighted by Gasteiger charge is 2.16. The lowest BCUT2D eigenvalue weighted by molar-refractivity contribution is 0.0734. The topological polar surface area (TPSA) is 95.5 Å². The molecule has 8 nitrogen and oxygen atoms in total. The van der Waals surface area contributed by atoms with Crippen LogP contribution in [0.1, 0.15) is 26.3 Å². The summed E-state index contributed by atoms with van der Waals surface area (Å²) in [6.07, 6.45) is 1.46. The van der Waals surface area contributed by atoms with Gasteiger partial charge in [0.2, 0.25) is 0 Å². The van der Waals surface area contributed by atoms with E-state index in [9.17, 15) is 9.59 Å². The number of hydrazone groups is 1. The Labute approximate surface area is 208 Å². The molecule has 4 rings (SSSR count). The summed E-state index contributed by atoms with van der Waals surface area (Å²) in [5.74, 6) is 0.873. The van der Waals surface area contributed by atoms with Crippen molar-refractivity contribution in [1.82, 2.24) is 5.43 Å². The van der Waals surface area contributed by atoms with Crippen molar-refractivity contribution in [3.63, 3.8) is 0 Å². The van der Waals surface area contributed by atoms with Crippen molar-refractivity contribution in [3.05, 3.63) is 95.6 Å². The third kappa shape index (κ3) is 5.28. The Hall–Kier alpha value is -4.85. The van der Waals surface area contributed by atoms with Crippen LogP contribution in [0.4, 0.5) is 0 Å². The lowest BCUT2D eigenvalue weighted by Crippen LogP contribution is -2.17. The molecule has 0 fully saturated rings. The van der Waals surface area contributed by atoms with E-state index in [1.165, 1.54) is 20.4 Å². The Morgan fingerprint density at radius 2 is 1.44 bits per heavy atom. The van der Waals surface area contributed by atoms with Gasteiger partial charge in [0, 0.05) is 11.1 Å². The van der Waals surface area contributed by atoms with E-state index in [2.05, 4.69) is 10.5 Å². The monoisotopic (exact) mass is 484 g/mol. The number of fused-ring (bicyclic) bond motifs is 1. The quantitative estimate of drug-likeness (QED) is 0.166. The third-order valence-electron chi connectivity index (χ3n) is 5.46. The highest BCUT2D eigenvalue weighted by atomic mass is 16.5. The fourth-order valence-electron chi connectivity index (χ4n) is 3.58. The Balaban J connectivity index is 1.60. The first-order chi connectivity index (χ1) is 17.5. The molecule has 0 saturated carbocycles. The fourth-order valence-corrected chi connectivity index (χ4v) is 3.58. The molecule has 0 saturated heterocycles. The van der Waals surface area contributed by atoms with Gasteiger partial charge in [-0.05, 0) is 59.3 Å². The van der Waals surface area contributed by atoms with Gasteiger partial charge in [-0.25, -0.2) is 10.2 Å². The Kier molecular flexibility index (Phi) is 7.45. The lowest BCUT2D eigenvalue weighted by Gasteiger charge is -2.12. The SMILES string of the molecule is COc1ccc(C(=O)N/N=C\c2c(OC(=O)c3ccc(OC)c(OC)c3)ccc3ccccc23)cc1. The number of amides is 1. The molecule has 0 atom stereocenters. The maximum absolute atomic E-state index is 12.9. The number of esters is 1. The second kappa shape index (κ2) is 11.1. The van der Waals surface area contributed by atoms with E-state index in [-0.39, 0.29) is 11.3 Å². The molecule has 4 aromatic carbocycles. The van der Waals surface area contributed by atoms with E-state index in [1.54, 1.807) is 55.6 Å². The van der Waals surface area contributed by atoms with Gasteiger partial charge in [-0.15, -0.1) is 0 Å². The molecule has 1 N–H and O–H groups in total. The largest absolute Gasteiger partial charge is 0.497 e. The highest BCUT2D eigenvalue weighted by Crippen LogP contribution is 2.30. The van der Waals surface area contributed by atoms with Gasteiger partial charge in [-0.2, -0.15) is 5.10 Å². The van der Waals surface area contributed by atoms with Crippen molar-refractivity contribution in [3.8, 4) is 23.0 Å². The van der Waals surface area contributed by atoms with Crippen LogP contribution in [0.15, 0.2) is 84.0 Å². The number of nitrogens with zero attached hydrogens (tertiary/aromatic N) is 1. The van der Waals surface area contributed by atoms with Gasteiger partial charge in [0.15, 0.2) is 11.5 Å². The van der Waals surface area contributed by atoms with Gasteiger partial charge in [-0.1, -0.05) is 30.3 Å². The molecule has 0 radical (unpaired) electrons. The van der Waals surface area contributed by atoms with Crippen LogP contribution in [0.3, 0.4) is 0 Å². The van der Waals surface area contributed by atoms with E-state index < -0.39 is 11.9 Å². The summed E-state index contributed by atoms with van der Waals surface area (Å²) in [5.41, 5.74) is 3.76. The zero-order chi connectivity index (χ0) is 25.5. The normalized spacial score (nSPS) is 10.8. The summed E-state index contributed by atoms with van der Waals surface area (Å²) in [5, 5.41) is 5.84. The van der Waals surface area contributed by atoms with Crippen molar-refractivity contribution >= 4 is 28.9 Å². The first kappa shape index (κ1) is 24.3. The van der Waals surface area contributed by atoms with Crippen LogP contribution in [0.5, 0.6) is 23.0 Å². The minimum Gasteiger partial charge on any atom is -0.497 e. The molecule has 0 aromatic heterocycles. The summed E-state index contributed by atoms with van der Waals surface area (Å²) < 4.78 is 21.4. The van der Waals surface area contributed by atoms with Gasteiger partial charge < -0.3 is 18.9 Å². The summed E-state index contributed by atoms with van der Waals surface area (Å²) in [4.78, 5) is 25.4. The van der Waals surface area contributed by atoms with Gasteiger partial charge >= 0.3 is 5.97 Å². The van der Waals surface area contributed by atoms with Crippen LogP contribution in [-0.2, 0) is 0 Å². The number of benzene rings is 4. The molecule has 1 amide bonds. The number of carbonyl (C=O) groups excluding carboxylic acids is 2. The number of nitrogens with one attached hydrogen (secondary N) is 1. The van der Waals surface area contributed by atoms with Crippen LogP contribution in [0, 0.1) is 0 Å². The molecular formula is C28H24N2O6. The Bertz CT molecular complexity index is 1430. The predicted molar refractivity (Wildman–Crippen MR) is 137 cm³/mol. The summed E-state index contributed by atoms with van der Waals surface area (Å²) in [7, 11) is 4.56. The van der Waals surface area contributed by atoms with E-state index in [1.807, 2.05) is 30.3 Å². The molecule has 182 valence electrons. The van der Waals surface area contributed by atoms with Gasteiger partial charge in [0.1, 0.15) is 11.5 Å². The first-order valence-corrected chi connectivity index (χ1v) is 11.0. The molecule has 36 heavy (non-hydrogen) atoms. The maximum Gasteiger partial charge on any atom is 0.343 e. The maximum atomic E-state index is 12.9. The van der Waals surface area contributed by atoms with E-state index in [0.717, 1.165) is 10.8 Å². The first-order valence-electron chi connectivity index (χ1n) is 11.0. The molecule has 0 aliphatic heterocycles. The second-order valence-electron chi connectivity index (χ2n) is 7.59. The van der Waals surface area contributed by atoms with Crippen molar-refractivity contribution in [2.45, 2.75) is 0 Å². The highest BCUT2D eigenvalue weighted by molar-refractivity contribution is 6.04. The van der Waals surface area contributed by atoms with Crippen molar-refractivity contribution in [1.29, 1.82) is 0 Å². The molecule has 0 aliphatic carbocycles. The standard InChI is InChI=1S/C28H24N2O6/c1-33-21-12-8-19(9-13-21)27(31)30-29-17-23-22-7-5-4-6-18(22)10-14-24(23)36-28(32)20-11-15-25(34-2)26(16-20)35-3/h4-17H,1-3H3,(H,30,31)/b29-17-. The molecule has 0 unspecified atom stereocenters. The van der Waals surface area contributed by atoms with Crippen molar-refractivity contribution < 1.29 is 28.5 Å². The lowest BCUT2D eigenvalue weighted by atomic mass is 10.0. The van der Waals surface area contributed by atoms with Crippen LogP contribution in [-0.4, -0.2) is 39.4 Å². The third-order valence-corrected chi connectivity index (χ3v) is 5.46. The number of methoxy groups -OCH3 is 3. The van der Waals surface area contributed by atoms with Crippen molar-refractivity contribution in [2.24, 2.45) is 5.10 Å². The molecule has 0 bridgehead atoms. The fraction of sp³-hybridized carbons (Fsp3) is 0.107. The molecular weight excluding hydrogens is 460 g/mol. The van der Waals surface area contributed by atoms with Crippen LogP contribution in [0.25, 0.3) is 10.8 Å². The van der Waals surface area contributed by atoms with Crippen LogP contribution >= 0.6 is 0 Å². The minimum absolute atomic E-state index is 0.288. The molecule has 0 heterocycles. The Morgan fingerprint density at radius 1 is 0.750 bits per heavy atom. The number of hydrogen-bond acceptors (Lipinski definition) is 7. The van der Waals surface area contributed by atoms with E-state index >= 15 is 0 Å². The number of hydrogen-bond donors (Lipinski definition) is 1. The molecule has 0 spiro atoms. The Morgan fingerprint density at radius 3 is 2.17 bits per heavy atom. The number of rotatable bonds is 8. The van der Waals surface area contributed by atoms with E-state index in [0.29, 0.717) is 28.4 Å². The summed E-state index contributed by atoms with van der Waals surface area (Å²) in [6.45, 7) is 0. The molecule has 4 aromatic rings. The zero-order valence-electron chi connectivity index (χ0n) is 20.0. The summed E-state index contributed by atoms with van der Waals surface area (Å²) in [6, 6.07) is 22.6. The minimum atomic E-state index is -0.580. The average molecular weight is 485 g/mol. The zero-order valence-corrected chi connectivity index (χ0v) is 20.0. The van der Waals surface area contributed by atoms with Gasteiger partial charge in [0.05, 0.1) is 33.1 Å². The number of ether oxygens (including phenoxy) is 4. The van der Waals surface area contributed by atoms with Crippen molar-refractivity contribution in [2.75, 3.05) is 21.3 Å². The smallest absolute Gasteiger partial charge is 0.343 e. The van der Waals surface area contributed by atoms with Crippen LogP contribution < -0.4 is 24.4 Å². The summed E-state index contributed by atoms with van der Waals surface area (Å²) >= 11 is 0. The molecule has 8 heteroatoms.